The van der Waals surface area contributed by atoms with E-state index in [1.165, 1.54) is 14.1 Å². The lowest BCUT2D eigenvalue weighted by atomic mass is 9.92. The lowest BCUT2D eigenvalue weighted by Gasteiger charge is -2.16. The molecule has 24 heavy (non-hydrogen) atoms. The van der Waals surface area contributed by atoms with Crippen molar-refractivity contribution in [2.75, 3.05) is 13.1 Å². The van der Waals surface area contributed by atoms with Gasteiger partial charge in [0.25, 0.3) is 5.56 Å². The number of aromatic nitrogens is 2. The number of hydrogen-bond acceptors (Lipinski definition) is 5. The molecular weight excluding hydrogens is 338 g/mol. The number of nitrogens with zero attached hydrogens (tertiary/aromatic N) is 3. The maximum Gasteiger partial charge on any atom is 0.330 e. The van der Waals surface area contributed by atoms with Gasteiger partial charge in [-0.1, -0.05) is 0 Å². The zero-order valence-electron chi connectivity index (χ0n) is 13.4. The fourth-order valence-electron chi connectivity index (χ4n) is 3.34. The summed E-state index contributed by atoms with van der Waals surface area (Å²) in [6, 6.07) is 0. The van der Waals surface area contributed by atoms with E-state index in [1.54, 1.807) is 0 Å². The standard InChI is InChI=1S/C14H19N3O6S/c1-15-7-11(12(18)16(2)14(15)21)24(22,23)17-5-9(8-3-4-8)10(6-17)13(19)20/h7-10H,3-6H2,1-2H3,(H,19,20)/t9-,10+/m0/s1. The van der Waals surface area contributed by atoms with Crippen molar-refractivity contribution in [1.29, 1.82) is 0 Å². The van der Waals surface area contributed by atoms with Crippen molar-refractivity contribution >= 4 is 16.0 Å². The SMILES string of the molecule is Cn1cc(S(=O)(=O)N2C[C@@H](C(=O)O)[C@H](C3CC3)C2)c(=O)n(C)c1=O. The molecule has 1 saturated carbocycles. The highest BCUT2D eigenvalue weighted by Gasteiger charge is 2.49. The van der Waals surface area contributed by atoms with Gasteiger partial charge in [-0.3, -0.25) is 14.2 Å². The van der Waals surface area contributed by atoms with Gasteiger partial charge in [-0.05, 0) is 24.7 Å². The van der Waals surface area contributed by atoms with Gasteiger partial charge in [0.1, 0.15) is 0 Å². The molecule has 0 unspecified atom stereocenters. The molecule has 1 saturated heterocycles. The third-order valence-electron chi connectivity index (χ3n) is 4.91. The van der Waals surface area contributed by atoms with Crippen molar-refractivity contribution < 1.29 is 18.3 Å². The van der Waals surface area contributed by atoms with Crippen molar-refractivity contribution in [3.8, 4) is 0 Å². The number of hydrogen-bond donors (Lipinski definition) is 1. The van der Waals surface area contributed by atoms with Gasteiger partial charge in [0, 0.05) is 33.4 Å². The smallest absolute Gasteiger partial charge is 0.330 e. The number of carboxylic acid groups (broad SMARTS) is 1. The van der Waals surface area contributed by atoms with Crippen LogP contribution in [0.25, 0.3) is 0 Å². The maximum atomic E-state index is 12.8. The monoisotopic (exact) mass is 357 g/mol. The molecule has 1 aromatic rings. The summed E-state index contributed by atoms with van der Waals surface area (Å²) in [7, 11) is -1.59. The minimum atomic E-state index is -4.16. The molecule has 2 heterocycles. The summed E-state index contributed by atoms with van der Waals surface area (Å²) in [4.78, 5) is 34.9. The quantitative estimate of drug-likeness (QED) is 0.724. The van der Waals surface area contributed by atoms with Gasteiger partial charge in [0.05, 0.1) is 5.92 Å². The predicted molar refractivity (Wildman–Crippen MR) is 83.0 cm³/mol. The van der Waals surface area contributed by atoms with E-state index in [1.807, 2.05) is 0 Å². The topological polar surface area (TPSA) is 119 Å². The Labute approximate surface area is 138 Å². The van der Waals surface area contributed by atoms with E-state index in [0.29, 0.717) is 0 Å². The highest BCUT2D eigenvalue weighted by Crippen LogP contribution is 2.44. The Morgan fingerprint density at radius 2 is 1.83 bits per heavy atom. The fraction of sp³-hybridized carbons (Fsp3) is 0.643. The minimum absolute atomic E-state index is 0.0932. The zero-order valence-corrected chi connectivity index (χ0v) is 14.2. The van der Waals surface area contributed by atoms with Crippen LogP contribution < -0.4 is 11.2 Å². The van der Waals surface area contributed by atoms with Crippen LogP contribution in [0.5, 0.6) is 0 Å². The van der Waals surface area contributed by atoms with E-state index in [2.05, 4.69) is 0 Å². The predicted octanol–water partition coefficient (Wildman–Crippen LogP) is -1.18. The van der Waals surface area contributed by atoms with Crippen LogP contribution >= 0.6 is 0 Å². The Morgan fingerprint density at radius 3 is 2.38 bits per heavy atom. The summed E-state index contributed by atoms with van der Waals surface area (Å²) in [6.45, 7) is -0.0548. The number of carboxylic acids is 1. The van der Waals surface area contributed by atoms with Crippen LogP contribution in [-0.4, -0.2) is 46.0 Å². The summed E-state index contributed by atoms with van der Waals surface area (Å²) in [5.41, 5.74) is -1.53. The Hall–Kier alpha value is -1.94. The summed E-state index contributed by atoms with van der Waals surface area (Å²) >= 11 is 0. The zero-order chi connectivity index (χ0) is 17.8. The summed E-state index contributed by atoms with van der Waals surface area (Å²) in [5, 5.41) is 9.36. The lowest BCUT2D eigenvalue weighted by Crippen LogP contribution is -2.42. The van der Waals surface area contributed by atoms with Gasteiger partial charge in [0.15, 0.2) is 4.90 Å². The molecule has 132 valence electrons. The molecule has 0 aromatic carbocycles. The summed E-state index contributed by atoms with van der Waals surface area (Å²) in [5.74, 6) is -1.77. The Balaban J connectivity index is 2.02. The number of aliphatic carboxylic acids is 1. The van der Waals surface area contributed by atoms with E-state index in [4.69, 9.17) is 0 Å². The average molecular weight is 357 g/mol. The first-order valence-electron chi connectivity index (χ1n) is 7.64. The Morgan fingerprint density at radius 1 is 1.21 bits per heavy atom. The summed E-state index contributed by atoms with van der Waals surface area (Å²) < 4.78 is 28.5. The molecule has 1 N–H and O–H groups in total. The second-order valence-electron chi connectivity index (χ2n) is 6.52. The number of carbonyl (C=O) groups is 1. The highest BCUT2D eigenvalue weighted by atomic mass is 32.2. The van der Waals surface area contributed by atoms with Crippen LogP contribution in [0.3, 0.4) is 0 Å². The number of sulfonamides is 1. The first-order chi connectivity index (χ1) is 11.1. The maximum absolute atomic E-state index is 12.8. The van der Waals surface area contributed by atoms with Crippen LogP contribution in [0.15, 0.2) is 20.7 Å². The van der Waals surface area contributed by atoms with Gasteiger partial charge < -0.3 is 9.67 Å². The molecule has 9 nitrogen and oxygen atoms in total. The van der Waals surface area contributed by atoms with Crippen LogP contribution in [0.1, 0.15) is 12.8 Å². The van der Waals surface area contributed by atoms with Crippen LogP contribution in [-0.2, 0) is 28.9 Å². The molecule has 0 radical (unpaired) electrons. The van der Waals surface area contributed by atoms with E-state index in [-0.39, 0.29) is 24.9 Å². The first-order valence-corrected chi connectivity index (χ1v) is 9.08. The third kappa shape index (κ3) is 2.59. The first kappa shape index (κ1) is 16.9. The van der Waals surface area contributed by atoms with Crippen LogP contribution in [0.4, 0.5) is 0 Å². The molecule has 2 atom stereocenters. The van der Waals surface area contributed by atoms with Crippen molar-refractivity contribution in [3.05, 3.63) is 27.0 Å². The molecule has 10 heteroatoms. The molecule has 2 aliphatic rings. The normalized spacial score (nSPS) is 25.1. The molecular formula is C14H19N3O6S. The lowest BCUT2D eigenvalue weighted by molar-refractivity contribution is -0.142. The second-order valence-corrected chi connectivity index (χ2v) is 8.43. The van der Waals surface area contributed by atoms with Crippen molar-refractivity contribution in [3.63, 3.8) is 0 Å². The molecule has 1 aliphatic carbocycles. The van der Waals surface area contributed by atoms with Gasteiger partial charge >= 0.3 is 11.7 Å². The number of aryl methyl sites for hydroxylation is 1. The van der Waals surface area contributed by atoms with E-state index < -0.39 is 38.1 Å². The minimum Gasteiger partial charge on any atom is -0.481 e. The average Bonchev–Trinajstić information content (AvgIpc) is 3.26. The Bertz CT molecular complexity index is 911. The van der Waals surface area contributed by atoms with Crippen molar-refractivity contribution in [2.45, 2.75) is 17.7 Å². The van der Waals surface area contributed by atoms with Crippen LogP contribution in [0.2, 0.25) is 0 Å². The van der Waals surface area contributed by atoms with Gasteiger partial charge in [-0.15, -0.1) is 0 Å². The van der Waals surface area contributed by atoms with E-state index >= 15 is 0 Å². The molecule has 1 aliphatic heterocycles. The molecule has 0 bridgehead atoms. The Kier molecular flexibility index (Phi) is 3.91. The van der Waals surface area contributed by atoms with Gasteiger partial charge in [-0.2, -0.15) is 4.31 Å². The second kappa shape index (κ2) is 5.55. The fourth-order valence-corrected chi connectivity index (χ4v) is 4.99. The molecule has 2 fully saturated rings. The highest BCUT2D eigenvalue weighted by molar-refractivity contribution is 7.89. The van der Waals surface area contributed by atoms with E-state index in [9.17, 15) is 27.9 Å². The molecule has 0 amide bonds. The van der Waals surface area contributed by atoms with Crippen molar-refractivity contribution in [2.24, 2.45) is 31.8 Å². The third-order valence-corrected chi connectivity index (χ3v) is 6.72. The van der Waals surface area contributed by atoms with Crippen LogP contribution in [0, 0.1) is 17.8 Å². The number of rotatable bonds is 4. The van der Waals surface area contributed by atoms with E-state index in [0.717, 1.165) is 32.5 Å². The molecule has 0 spiro atoms. The largest absolute Gasteiger partial charge is 0.481 e. The molecule has 1 aromatic heterocycles. The summed E-state index contributed by atoms with van der Waals surface area (Å²) in [6.07, 6.45) is 2.81. The van der Waals surface area contributed by atoms with Gasteiger partial charge in [0.2, 0.25) is 10.0 Å². The van der Waals surface area contributed by atoms with Crippen molar-refractivity contribution in [1.82, 2.24) is 13.4 Å². The molecule has 3 rings (SSSR count). The van der Waals surface area contributed by atoms with Gasteiger partial charge in [-0.25, -0.2) is 13.2 Å².